The molecule has 0 spiro atoms. The number of methoxy groups -OCH3 is 1. The van der Waals surface area contributed by atoms with Gasteiger partial charge < -0.3 is 228 Å². The van der Waals surface area contributed by atoms with Crippen molar-refractivity contribution in [3.05, 3.63) is 0 Å². The third-order valence-electron chi connectivity index (χ3n) is 18.9. The van der Waals surface area contributed by atoms with Gasteiger partial charge in [0.2, 0.25) is 0 Å². The maximum atomic E-state index is 12.0. The van der Waals surface area contributed by atoms with Crippen LogP contribution < -0.4 is 0 Å². The second kappa shape index (κ2) is 36.1. The third-order valence-corrected chi connectivity index (χ3v) is 18.9. The van der Waals surface area contributed by atoms with Crippen molar-refractivity contribution in [2.45, 2.75) is 276 Å². The second-order valence-corrected chi connectivity index (χ2v) is 25.6. The fraction of sp³-hybridized carbons (Fsp3) is 1.00. The van der Waals surface area contributed by atoms with Gasteiger partial charge >= 0.3 is 0 Å². The Bertz CT molecular complexity index is 2470. The van der Waals surface area contributed by atoms with E-state index in [0.29, 0.717) is 0 Å². The summed E-state index contributed by atoms with van der Waals surface area (Å²) < 4.78 is 102. The Morgan fingerprint density at radius 2 is 0.356 bits per heavy atom. The van der Waals surface area contributed by atoms with E-state index in [1.807, 2.05) is 0 Å². The quantitative estimate of drug-likeness (QED) is 0.0382. The summed E-state index contributed by atoms with van der Waals surface area (Å²) in [5.74, 6) is 0. The van der Waals surface area contributed by atoms with Gasteiger partial charge in [-0.3, -0.25) is 0 Å². The van der Waals surface area contributed by atoms with E-state index in [2.05, 4.69) is 0 Å². The molecular weight excluding hydrogens is 1400 g/mol. The van der Waals surface area contributed by atoms with Gasteiger partial charge in [0.1, 0.15) is 220 Å². The highest BCUT2D eigenvalue weighted by Gasteiger charge is 2.58. The van der Waals surface area contributed by atoms with E-state index >= 15 is 0 Å². The number of hydrogen-bond acceptors (Lipinski definition) is 46. The van der Waals surface area contributed by atoms with Crippen LogP contribution in [0.1, 0.15) is 0 Å². The van der Waals surface area contributed by atoms with Crippen molar-refractivity contribution >= 4 is 0 Å². The molecule has 101 heavy (non-hydrogen) atoms. The van der Waals surface area contributed by atoms with Crippen LogP contribution in [-0.2, 0) is 85.3 Å². The fourth-order valence-corrected chi connectivity index (χ4v) is 12.5. The van der Waals surface area contributed by atoms with E-state index in [9.17, 15) is 143 Å². The summed E-state index contributed by atoms with van der Waals surface area (Å²) in [7, 11) is 1.07. The largest absolute Gasteiger partial charge is 0.394 e. The Hall–Kier alpha value is -1.84. The van der Waals surface area contributed by atoms with E-state index < -0.39 is 336 Å². The average Bonchev–Trinajstić information content (AvgIpc) is 0.780. The van der Waals surface area contributed by atoms with Gasteiger partial charge in [-0.2, -0.15) is 0 Å². The predicted molar refractivity (Wildman–Crippen MR) is 302 cm³/mol. The molecule has 0 aliphatic carbocycles. The Kier molecular flexibility index (Phi) is 29.8. The number of rotatable bonds is 26. The summed E-state index contributed by atoms with van der Waals surface area (Å²) in [4.78, 5) is 0. The van der Waals surface area contributed by atoms with Crippen LogP contribution in [0.5, 0.6) is 0 Å². The van der Waals surface area contributed by atoms with E-state index in [0.717, 1.165) is 7.11 Å². The highest BCUT2D eigenvalue weighted by Crippen LogP contribution is 2.37. The summed E-state index contributed by atoms with van der Waals surface area (Å²) in [6.45, 7) is -8.30. The van der Waals surface area contributed by atoms with Crippen LogP contribution in [0.25, 0.3) is 0 Å². The lowest BCUT2D eigenvalue weighted by Gasteiger charge is -2.48. The third kappa shape index (κ3) is 18.1. The molecule has 0 unspecified atom stereocenters. The maximum Gasteiger partial charge on any atom is 0.187 e. The molecule has 0 saturated carbocycles. The van der Waals surface area contributed by atoms with Gasteiger partial charge in [0.05, 0.1) is 59.5 Å². The SMILES string of the molecule is CO[C@H]1O[C@H](CO[C@H]2O[C@H](CO[C@H]3O[C@H](CO[C@H]4O[C@H](CO[C@H]5O[C@H](CO)[C@@H](O)[C@H](O)[C@@H]5O)[C@@H](O)[C@H](O)[C@@H]4O)[C@@H](O)[C@H](O)[C@@H]3O[C@H]3O[C@H](CO[C@H]4O[C@H](CO)[C@@H](O)[C@H](O)[C@@H]4O)[C@@H](O)[C@H](O)[C@@H]3O)[C@@H](O)[C@H](O)[C@@H]2O[C@H]2O[C@H](CO[C@H]3O[C@H](CO)[C@@H](O)[C@H](O)[C@@H]3O)[C@@H](O)[C@H](O)[C@@H]2O)[C@@H](O)[C@H](O)[C@@H]1O. The van der Waals surface area contributed by atoms with Crippen molar-refractivity contribution in [1.29, 1.82) is 0 Å². The minimum atomic E-state index is -2.37. The molecule has 590 valence electrons. The second-order valence-electron chi connectivity index (χ2n) is 25.6. The molecule has 0 aromatic carbocycles. The van der Waals surface area contributed by atoms with E-state index in [4.69, 9.17) is 85.3 Å². The lowest BCUT2D eigenvalue weighted by Crippen LogP contribution is -2.66. The van der Waals surface area contributed by atoms with Gasteiger partial charge in [0, 0.05) is 7.11 Å². The molecular formula is C55H94O46. The van der Waals surface area contributed by atoms with E-state index in [-0.39, 0.29) is 0 Å². The maximum absolute atomic E-state index is 12.0. The van der Waals surface area contributed by atoms with Gasteiger partial charge in [-0.05, 0) is 0 Å². The minimum absolute atomic E-state index is 0.831. The van der Waals surface area contributed by atoms with Crippen molar-refractivity contribution in [3.8, 4) is 0 Å². The van der Waals surface area contributed by atoms with Gasteiger partial charge in [-0.1, -0.05) is 0 Å². The molecule has 45 atom stereocenters. The first kappa shape index (κ1) is 83.2. The molecule has 0 amide bonds. The summed E-state index contributed by atoms with van der Waals surface area (Å²) in [6.07, 6.45) is -89.4. The number of aliphatic hydroxyl groups excluding tert-OH is 28. The van der Waals surface area contributed by atoms with E-state index in [1.165, 1.54) is 0 Å². The summed E-state index contributed by atoms with van der Waals surface area (Å²) >= 11 is 0. The van der Waals surface area contributed by atoms with Crippen molar-refractivity contribution < 1.29 is 228 Å². The fourth-order valence-electron chi connectivity index (χ4n) is 12.5. The van der Waals surface area contributed by atoms with Crippen LogP contribution in [0.3, 0.4) is 0 Å². The predicted octanol–water partition coefficient (Wildman–Crippen LogP) is -20.0. The molecule has 0 aromatic rings. The topological polar surface area (TPSA) is 733 Å². The van der Waals surface area contributed by atoms with Crippen molar-refractivity contribution in [1.82, 2.24) is 0 Å². The first-order valence-electron chi connectivity index (χ1n) is 32.1. The first-order valence-corrected chi connectivity index (χ1v) is 32.1. The highest BCUT2D eigenvalue weighted by atomic mass is 16.8. The zero-order valence-electron chi connectivity index (χ0n) is 53.2. The molecule has 9 aliphatic heterocycles. The normalized spacial score (nSPS) is 53.3. The molecule has 0 aromatic heterocycles. The van der Waals surface area contributed by atoms with Crippen LogP contribution >= 0.6 is 0 Å². The van der Waals surface area contributed by atoms with Gasteiger partial charge in [0.15, 0.2) is 56.6 Å². The van der Waals surface area contributed by atoms with Gasteiger partial charge in [0.25, 0.3) is 0 Å². The first-order chi connectivity index (χ1) is 47.8. The molecule has 0 radical (unpaired) electrons. The molecule has 9 saturated heterocycles. The number of aliphatic hydroxyl groups is 28. The Morgan fingerprint density at radius 3 is 0.594 bits per heavy atom. The van der Waals surface area contributed by atoms with E-state index in [1.54, 1.807) is 0 Å². The summed E-state index contributed by atoms with van der Waals surface area (Å²) in [5.41, 5.74) is 0. The molecule has 0 bridgehead atoms. The minimum Gasteiger partial charge on any atom is -0.394 e. The smallest absolute Gasteiger partial charge is 0.187 e. The summed E-state index contributed by atoms with van der Waals surface area (Å²) in [5, 5.41) is 301. The Labute approximate surface area is 570 Å². The monoisotopic (exact) mass is 1490 g/mol. The van der Waals surface area contributed by atoms with Crippen molar-refractivity contribution in [2.75, 3.05) is 66.6 Å². The van der Waals surface area contributed by atoms with Crippen molar-refractivity contribution in [2.24, 2.45) is 0 Å². The number of hydrogen-bond donors (Lipinski definition) is 28. The number of ether oxygens (including phenoxy) is 18. The van der Waals surface area contributed by atoms with Gasteiger partial charge in [-0.25, -0.2) is 0 Å². The van der Waals surface area contributed by atoms with Crippen LogP contribution in [0, 0.1) is 0 Å². The highest BCUT2D eigenvalue weighted by molar-refractivity contribution is 5.00. The molecule has 9 rings (SSSR count). The van der Waals surface area contributed by atoms with Crippen LogP contribution in [-0.4, -0.2) is 486 Å². The molecule has 9 heterocycles. The Balaban J connectivity index is 0.953. The van der Waals surface area contributed by atoms with Gasteiger partial charge in [-0.15, -0.1) is 0 Å². The molecule has 9 fully saturated rings. The van der Waals surface area contributed by atoms with Crippen LogP contribution in [0.4, 0.5) is 0 Å². The standard InChI is InChI=1S/C55H94O46/c1-84-47-38(77)32(71)23(62)14(94-47)9-89-54-46(101-53-44(83)35(74)26(65)17(97-53)7-87-50-41(80)31(70)22(61)13(4-58)93-50)37(76)28(67)19(99-54)10-90-55-45(100-52-43(82)34(73)25(64)16(96-52)6-86-49-40(79)30(69)21(60)12(3-57)92-49)36(75)27(66)18(98-55)8-88-51-42(81)33(72)24(63)15(95-51)5-85-48-39(78)29(68)20(59)11(2-56)91-48/h11-83H,2-10H2,1H3/t11-,12-,13-,14-,15-,16-,17-,18-,19-,20-,21-,22-,23-,24-,25-,26-,27-,28-,29+,30+,31+,32+,33+,34+,35+,36+,37+,38+,39+,40+,41+,42+,43+,44+,45+,46+,47+,48+,49+,50+,51+,52-,53-,54+,55+/m1/s1. The Morgan fingerprint density at radius 1 is 0.188 bits per heavy atom. The molecule has 9 aliphatic rings. The zero-order valence-corrected chi connectivity index (χ0v) is 53.2. The average molecular weight is 1490 g/mol. The van der Waals surface area contributed by atoms with Crippen LogP contribution in [0.2, 0.25) is 0 Å². The molecule has 46 heteroatoms. The zero-order chi connectivity index (χ0) is 74.1. The molecule has 46 nitrogen and oxygen atoms in total. The summed E-state index contributed by atoms with van der Waals surface area (Å²) in [6, 6.07) is 0. The lowest BCUT2D eigenvalue weighted by atomic mass is 9.96. The van der Waals surface area contributed by atoms with Crippen molar-refractivity contribution in [3.63, 3.8) is 0 Å². The van der Waals surface area contributed by atoms with Crippen LogP contribution in [0.15, 0.2) is 0 Å². The molecule has 28 N–H and O–H groups in total. The lowest BCUT2D eigenvalue weighted by molar-refractivity contribution is -0.389.